The van der Waals surface area contributed by atoms with Gasteiger partial charge >= 0.3 is 5.97 Å². The lowest BCUT2D eigenvalue weighted by Gasteiger charge is -2.10. The summed E-state index contributed by atoms with van der Waals surface area (Å²) in [4.78, 5) is 11.8. The van der Waals surface area contributed by atoms with Crippen LogP contribution in [0, 0.1) is 0 Å². The molecule has 0 amide bonds. The Morgan fingerprint density at radius 1 is 0.679 bits per heavy atom. The Kier molecular flexibility index (Phi) is 6.85. The van der Waals surface area contributed by atoms with E-state index in [1.165, 1.54) is 23.8 Å². The summed E-state index contributed by atoms with van der Waals surface area (Å²) in [5, 5.41) is 0. The Balaban J connectivity index is 1.62. The molecule has 3 heteroatoms. The van der Waals surface area contributed by atoms with Gasteiger partial charge in [0.05, 0.1) is 14.2 Å². The Labute approximate surface area is 166 Å². The zero-order chi connectivity index (χ0) is 19.8. The van der Waals surface area contributed by atoms with Gasteiger partial charge in [0.15, 0.2) is 0 Å². The number of ether oxygens (including phenoxy) is 2. The van der Waals surface area contributed by atoms with Crippen molar-refractivity contribution in [1.82, 2.24) is 0 Å². The number of hydrogen-bond donors (Lipinski definition) is 0. The maximum Gasteiger partial charge on any atom is 0.341 e. The molecule has 0 radical (unpaired) electrons. The van der Waals surface area contributed by atoms with Gasteiger partial charge in [-0.1, -0.05) is 60.7 Å². The maximum atomic E-state index is 11.8. The zero-order valence-corrected chi connectivity index (χ0v) is 16.5. The largest absolute Gasteiger partial charge is 0.496 e. The van der Waals surface area contributed by atoms with Gasteiger partial charge in [-0.2, -0.15) is 0 Å². The third-order valence-electron chi connectivity index (χ3n) is 4.91. The van der Waals surface area contributed by atoms with Gasteiger partial charge in [0, 0.05) is 0 Å². The van der Waals surface area contributed by atoms with E-state index in [9.17, 15) is 4.79 Å². The highest BCUT2D eigenvalue weighted by atomic mass is 16.5. The molecule has 0 aliphatic carbocycles. The predicted octanol–water partition coefficient (Wildman–Crippen LogP) is 5.05. The second-order valence-electron chi connectivity index (χ2n) is 6.83. The maximum absolute atomic E-state index is 11.8. The molecule has 3 aromatic rings. The van der Waals surface area contributed by atoms with Gasteiger partial charge in [0.2, 0.25) is 0 Å². The van der Waals surface area contributed by atoms with Crippen molar-refractivity contribution in [3.8, 4) is 5.75 Å². The molecule has 0 aliphatic rings. The first-order chi connectivity index (χ1) is 13.7. The molecule has 0 fully saturated rings. The lowest BCUT2D eigenvalue weighted by molar-refractivity contribution is 0.0597. The number of methoxy groups -OCH3 is 2. The summed E-state index contributed by atoms with van der Waals surface area (Å²) in [5.74, 6) is 0.176. The van der Waals surface area contributed by atoms with Crippen LogP contribution in [0.3, 0.4) is 0 Å². The molecular formula is C25H26O3. The van der Waals surface area contributed by atoms with Crippen molar-refractivity contribution < 1.29 is 14.3 Å². The quantitative estimate of drug-likeness (QED) is 0.518. The number of hydrogen-bond acceptors (Lipinski definition) is 3. The minimum absolute atomic E-state index is 0.380. The van der Waals surface area contributed by atoms with Crippen molar-refractivity contribution >= 4 is 5.97 Å². The van der Waals surface area contributed by atoms with Crippen LogP contribution in [0.1, 0.15) is 32.6 Å². The molecule has 0 atom stereocenters. The summed E-state index contributed by atoms with van der Waals surface area (Å²) >= 11 is 0. The number of carbonyl (C=O) groups excluding carboxylic acids is 1. The van der Waals surface area contributed by atoms with Crippen LogP contribution in [0.5, 0.6) is 5.75 Å². The molecule has 3 aromatic carbocycles. The highest BCUT2D eigenvalue weighted by Crippen LogP contribution is 2.22. The number of carbonyl (C=O) groups is 1. The normalized spacial score (nSPS) is 10.5. The minimum Gasteiger partial charge on any atom is -0.496 e. The Morgan fingerprint density at radius 3 is 1.86 bits per heavy atom. The molecule has 3 rings (SSSR count). The SMILES string of the molecule is COC(=O)c1ccc(CCc2cccc(CCc3ccccc3)c2)cc1OC. The van der Waals surface area contributed by atoms with E-state index in [1.807, 2.05) is 12.1 Å². The summed E-state index contributed by atoms with van der Waals surface area (Å²) < 4.78 is 10.2. The molecule has 0 saturated carbocycles. The van der Waals surface area contributed by atoms with E-state index >= 15 is 0 Å². The topological polar surface area (TPSA) is 35.5 Å². The van der Waals surface area contributed by atoms with Gasteiger partial charge in [-0.25, -0.2) is 4.79 Å². The highest BCUT2D eigenvalue weighted by molar-refractivity contribution is 5.92. The van der Waals surface area contributed by atoms with Crippen molar-refractivity contribution in [2.24, 2.45) is 0 Å². The first-order valence-electron chi connectivity index (χ1n) is 9.56. The van der Waals surface area contributed by atoms with Gasteiger partial charge in [0.25, 0.3) is 0 Å². The van der Waals surface area contributed by atoms with Crippen molar-refractivity contribution in [2.75, 3.05) is 14.2 Å². The fourth-order valence-electron chi connectivity index (χ4n) is 3.33. The smallest absolute Gasteiger partial charge is 0.341 e. The number of rotatable bonds is 8. The fraction of sp³-hybridized carbons (Fsp3) is 0.240. The second-order valence-corrected chi connectivity index (χ2v) is 6.83. The zero-order valence-electron chi connectivity index (χ0n) is 16.5. The average Bonchev–Trinajstić information content (AvgIpc) is 2.76. The summed E-state index contributed by atoms with van der Waals surface area (Å²) in [6.45, 7) is 0. The third kappa shape index (κ3) is 5.23. The molecule has 0 aromatic heterocycles. The van der Waals surface area contributed by atoms with Gasteiger partial charge in [0.1, 0.15) is 11.3 Å². The lowest BCUT2D eigenvalue weighted by atomic mass is 9.99. The predicted molar refractivity (Wildman–Crippen MR) is 112 cm³/mol. The molecule has 0 spiro atoms. The molecular weight excluding hydrogens is 348 g/mol. The van der Waals surface area contributed by atoms with Crippen LogP contribution in [0.4, 0.5) is 0 Å². The van der Waals surface area contributed by atoms with Crippen molar-refractivity contribution in [3.05, 3.63) is 101 Å². The Bertz CT molecular complexity index is 916. The van der Waals surface area contributed by atoms with Gasteiger partial charge < -0.3 is 9.47 Å². The molecule has 0 heterocycles. The molecule has 0 N–H and O–H groups in total. The summed E-state index contributed by atoms with van der Waals surface area (Å²) in [6.07, 6.45) is 3.93. The summed E-state index contributed by atoms with van der Waals surface area (Å²) in [7, 11) is 2.95. The number of aryl methyl sites for hydroxylation is 4. The molecule has 0 unspecified atom stereocenters. The van der Waals surface area contributed by atoms with Crippen LogP contribution in [-0.4, -0.2) is 20.2 Å². The van der Waals surface area contributed by atoms with Gasteiger partial charge in [-0.05, 0) is 60.1 Å². The van der Waals surface area contributed by atoms with E-state index in [0.29, 0.717) is 11.3 Å². The first kappa shape index (κ1) is 19.7. The van der Waals surface area contributed by atoms with Crippen LogP contribution < -0.4 is 4.74 Å². The van der Waals surface area contributed by atoms with E-state index in [2.05, 4.69) is 54.6 Å². The minimum atomic E-state index is -0.380. The number of esters is 1. The summed E-state index contributed by atoms with van der Waals surface area (Å²) in [5.41, 5.74) is 5.64. The van der Waals surface area contributed by atoms with E-state index in [0.717, 1.165) is 31.2 Å². The molecule has 0 aliphatic heterocycles. The standard InChI is InChI=1S/C25H26O3/c1-27-24-18-22(15-16-23(24)25(26)28-2)14-13-21-10-6-9-20(17-21)12-11-19-7-4-3-5-8-19/h3-10,15-18H,11-14H2,1-2H3. The first-order valence-corrected chi connectivity index (χ1v) is 9.56. The van der Waals surface area contributed by atoms with Gasteiger partial charge in [-0.3, -0.25) is 0 Å². The van der Waals surface area contributed by atoms with Crippen LogP contribution in [0.2, 0.25) is 0 Å². The van der Waals surface area contributed by atoms with Crippen molar-refractivity contribution in [3.63, 3.8) is 0 Å². The highest BCUT2D eigenvalue weighted by Gasteiger charge is 2.13. The van der Waals surface area contributed by atoms with E-state index < -0.39 is 0 Å². The Hall–Kier alpha value is -3.07. The lowest BCUT2D eigenvalue weighted by Crippen LogP contribution is -2.05. The summed E-state index contributed by atoms with van der Waals surface area (Å²) in [6, 6.07) is 25.0. The van der Waals surface area contributed by atoms with Crippen LogP contribution in [-0.2, 0) is 30.4 Å². The number of benzene rings is 3. The fourth-order valence-corrected chi connectivity index (χ4v) is 3.33. The van der Waals surface area contributed by atoms with Crippen LogP contribution in [0.25, 0.3) is 0 Å². The van der Waals surface area contributed by atoms with Crippen molar-refractivity contribution in [1.29, 1.82) is 0 Å². The third-order valence-corrected chi connectivity index (χ3v) is 4.91. The molecule has 0 bridgehead atoms. The van der Waals surface area contributed by atoms with E-state index in [-0.39, 0.29) is 5.97 Å². The monoisotopic (exact) mass is 374 g/mol. The van der Waals surface area contributed by atoms with E-state index in [4.69, 9.17) is 9.47 Å². The molecule has 28 heavy (non-hydrogen) atoms. The van der Waals surface area contributed by atoms with E-state index in [1.54, 1.807) is 13.2 Å². The molecule has 0 saturated heterocycles. The van der Waals surface area contributed by atoms with Crippen LogP contribution in [0.15, 0.2) is 72.8 Å². The molecule has 3 nitrogen and oxygen atoms in total. The Morgan fingerprint density at radius 2 is 1.25 bits per heavy atom. The van der Waals surface area contributed by atoms with Gasteiger partial charge in [-0.15, -0.1) is 0 Å². The van der Waals surface area contributed by atoms with Crippen molar-refractivity contribution in [2.45, 2.75) is 25.7 Å². The average molecular weight is 374 g/mol. The second kappa shape index (κ2) is 9.75. The van der Waals surface area contributed by atoms with Crippen LogP contribution >= 0.6 is 0 Å². The molecule has 144 valence electrons.